The van der Waals surface area contributed by atoms with E-state index in [9.17, 15) is 4.79 Å². The number of benzene rings is 1. The Labute approximate surface area is 113 Å². The fourth-order valence-corrected chi connectivity index (χ4v) is 1.83. The Hall–Kier alpha value is -2.06. The Bertz CT molecular complexity index is 469. The van der Waals surface area contributed by atoms with Crippen molar-refractivity contribution in [2.75, 3.05) is 13.2 Å². The molecule has 3 N–H and O–H groups in total. The van der Waals surface area contributed by atoms with Crippen molar-refractivity contribution in [3.63, 3.8) is 0 Å². The van der Waals surface area contributed by atoms with Gasteiger partial charge in [-0.3, -0.25) is 4.79 Å². The smallest absolute Gasteiger partial charge is 0.257 e. The molecule has 0 radical (unpaired) electrons. The lowest BCUT2D eigenvalue weighted by Crippen LogP contribution is -2.29. The standard InChI is InChI=1S/C14H19N3O2/c1-10-6-12(8-16)7-11(2)14(10)19-9-13(18)17-5-3-4-15/h6-7H,3,5,8-9,16H2,1-2H3,(H,17,18). The highest BCUT2D eigenvalue weighted by Crippen LogP contribution is 2.24. The van der Waals surface area contributed by atoms with Crippen LogP contribution in [0.25, 0.3) is 0 Å². The molecule has 102 valence electrons. The van der Waals surface area contributed by atoms with Gasteiger partial charge in [0.15, 0.2) is 6.61 Å². The summed E-state index contributed by atoms with van der Waals surface area (Å²) in [5, 5.41) is 11.0. The molecule has 0 aliphatic carbocycles. The molecule has 19 heavy (non-hydrogen) atoms. The molecule has 0 fully saturated rings. The summed E-state index contributed by atoms with van der Waals surface area (Å²) in [7, 11) is 0. The largest absolute Gasteiger partial charge is 0.483 e. The fraction of sp³-hybridized carbons (Fsp3) is 0.429. The van der Waals surface area contributed by atoms with E-state index in [1.165, 1.54) is 0 Å². The Kier molecular flexibility index (Phi) is 5.83. The molecule has 0 spiro atoms. The first-order chi connectivity index (χ1) is 9.08. The van der Waals surface area contributed by atoms with Gasteiger partial charge in [0.2, 0.25) is 0 Å². The van der Waals surface area contributed by atoms with Crippen LogP contribution in [0.4, 0.5) is 0 Å². The normalized spacial score (nSPS) is 9.79. The lowest BCUT2D eigenvalue weighted by Gasteiger charge is -2.13. The van der Waals surface area contributed by atoms with Crippen molar-refractivity contribution in [1.29, 1.82) is 5.26 Å². The van der Waals surface area contributed by atoms with Gasteiger partial charge in [-0.05, 0) is 30.5 Å². The third-order valence-corrected chi connectivity index (χ3v) is 2.66. The highest BCUT2D eigenvalue weighted by atomic mass is 16.5. The first-order valence-electron chi connectivity index (χ1n) is 6.15. The van der Waals surface area contributed by atoms with Crippen LogP contribution in [0.2, 0.25) is 0 Å². The van der Waals surface area contributed by atoms with E-state index >= 15 is 0 Å². The van der Waals surface area contributed by atoms with Crippen molar-refractivity contribution < 1.29 is 9.53 Å². The number of nitrogens with zero attached hydrogens (tertiary/aromatic N) is 1. The topological polar surface area (TPSA) is 88.1 Å². The summed E-state index contributed by atoms with van der Waals surface area (Å²) in [5.74, 6) is 0.490. The van der Waals surface area contributed by atoms with Crippen LogP contribution in [0.1, 0.15) is 23.1 Å². The van der Waals surface area contributed by atoms with Gasteiger partial charge < -0.3 is 15.8 Å². The number of hydrogen-bond acceptors (Lipinski definition) is 4. The molecule has 0 heterocycles. The van der Waals surface area contributed by atoms with Crippen LogP contribution in [0.3, 0.4) is 0 Å². The van der Waals surface area contributed by atoms with Crippen molar-refractivity contribution in [3.05, 3.63) is 28.8 Å². The SMILES string of the molecule is Cc1cc(CN)cc(C)c1OCC(=O)NCCC#N. The van der Waals surface area contributed by atoms with E-state index in [2.05, 4.69) is 5.32 Å². The van der Waals surface area contributed by atoms with Crippen molar-refractivity contribution in [2.45, 2.75) is 26.8 Å². The van der Waals surface area contributed by atoms with Crippen LogP contribution in [0.15, 0.2) is 12.1 Å². The summed E-state index contributed by atoms with van der Waals surface area (Å²) in [6.07, 6.45) is 0.301. The van der Waals surface area contributed by atoms with Gasteiger partial charge in [-0.25, -0.2) is 0 Å². The molecule has 5 heteroatoms. The molecule has 1 rings (SSSR count). The van der Waals surface area contributed by atoms with Crippen LogP contribution < -0.4 is 15.8 Å². The Morgan fingerprint density at radius 1 is 1.42 bits per heavy atom. The van der Waals surface area contributed by atoms with Gasteiger partial charge in [0.1, 0.15) is 5.75 Å². The number of aryl methyl sites for hydroxylation is 2. The Morgan fingerprint density at radius 3 is 2.58 bits per heavy atom. The van der Waals surface area contributed by atoms with E-state index < -0.39 is 0 Å². The second kappa shape index (κ2) is 7.39. The molecule has 5 nitrogen and oxygen atoms in total. The van der Waals surface area contributed by atoms with Crippen molar-refractivity contribution in [2.24, 2.45) is 5.73 Å². The van der Waals surface area contributed by atoms with E-state index in [1.54, 1.807) is 0 Å². The molecule has 0 saturated heterocycles. The minimum atomic E-state index is -0.225. The number of carbonyl (C=O) groups is 1. The van der Waals surface area contributed by atoms with Gasteiger partial charge >= 0.3 is 0 Å². The zero-order chi connectivity index (χ0) is 14.3. The highest BCUT2D eigenvalue weighted by Gasteiger charge is 2.08. The molecule has 0 aliphatic heterocycles. The van der Waals surface area contributed by atoms with Crippen molar-refractivity contribution in [3.8, 4) is 11.8 Å². The minimum absolute atomic E-state index is 0.0465. The maximum atomic E-state index is 11.5. The number of rotatable bonds is 6. The molecule has 0 bridgehead atoms. The zero-order valence-electron chi connectivity index (χ0n) is 11.3. The monoisotopic (exact) mass is 261 g/mol. The predicted octanol–water partition coefficient (Wildman–Crippen LogP) is 1.17. The quantitative estimate of drug-likeness (QED) is 0.752. The van der Waals surface area contributed by atoms with Gasteiger partial charge in [0.25, 0.3) is 5.91 Å². The summed E-state index contributed by atoms with van der Waals surface area (Å²) in [4.78, 5) is 11.5. The third kappa shape index (κ3) is 4.60. The number of nitrogens with one attached hydrogen (secondary N) is 1. The van der Waals surface area contributed by atoms with E-state index in [0.717, 1.165) is 16.7 Å². The molecule has 0 atom stereocenters. The number of nitrogens with two attached hydrogens (primary N) is 1. The molecule has 1 amide bonds. The minimum Gasteiger partial charge on any atom is -0.483 e. The van der Waals surface area contributed by atoms with Gasteiger partial charge in [0.05, 0.1) is 12.5 Å². The lowest BCUT2D eigenvalue weighted by atomic mass is 10.1. The lowest BCUT2D eigenvalue weighted by molar-refractivity contribution is -0.123. The molecule has 0 aromatic heterocycles. The maximum Gasteiger partial charge on any atom is 0.257 e. The average molecular weight is 261 g/mol. The number of ether oxygens (including phenoxy) is 1. The molecular formula is C14H19N3O2. The highest BCUT2D eigenvalue weighted by molar-refractivity contribution is 5.77. The summed E-state index contributed by atoms with van der Waals surface area (Å²) in [6.45, 7) is 4.64. The van der Waals surface area contributed by atoms with E-state index in [1.807, 2.05) is 32.0 Å². The first kappa shape index (κ1) is 15.0. The van der Waals surface area contributed by atoms with E-state index in [-0.39, 0.29) is 12.5 Å². The number of carbonyl (C=O) groups excluding carboxylic acids is 1. The van der Waals surface area contributed by atoms with Crippen LogP contribution in [0.5, 0.6) is 5.75 Å². The van der Waals surface area contributed by atoms with Crippen LogP contribution in [-0.2, 0) is 11.3 Å². The van der Waals surface area contributed by atoms with Gasteiger partial charge in [0, 0.05) is 13.1 Å². The molecule has 0 saturated carbocycles. The Balaban J connectivity index is 2.58. The molecule has 1 aromatic carbocycles. The average Bonchev–Trinajstić information content (AvgIpc) is 2.37. The van der Waals surface area contributed by atoms with Gasteiger partial charge in [-0.1, -0.05) is 12.1 Å². The molecule has 0 aliphatic rings. The summed E-state index contributed by atoms with van der Waals surface area (Å²) >= 11 is 0. The van der Waals surface area contributed by atoms with Crippen LogP contribution in [-0.4, -0.2) is 19.1 Å². The first-order valence-corrected chi connectivity index (χ1v) is 6.15. The van der Waals surface area contributed by atoms with E-state index in [4.69, 9.17) is 15.7 Å². The summed E-state index contributed by atoms with van der Waals surface area (Å²) in [5.41, 5.74) is 8.57. The zero-order valence-corrected chi connectivity index (χ0v) is 11.3. The predicted molar refractivity (Wildman–Crippen MR) is 72.5 cm³/mol. The second-order valence-corrected chi connectivity index (χ2v) is 4.31. The van der Waals surface area contributed by atoms with E-state index in [0.29, 0.717) is 25.3 Å². The van der Waals surface area contributed by atoms with Gasteiger partial charge in [-0.2, -0.15) is 5.26 Å². The number of nitriles is 1. The van der Waals surface area contributed by atoms with Gasteiger partial charge in [-0.15, -0.1) is 0 Å². The number of amides is 1. The molecule has 0 unspecified atom stereocenters. The summed E-state index contributed by atoms with van der Waals surface area (Å²) < 4.78 is 5.52. The third-order valence-electron chi connectivity index (χ3n) is 2.66. The molecular weight excluding hydrogens is 242 g/mol. The fourth-order valence-electron chi connectivity index (χ4n) is 1.83. The van der Waals surface area contributed by atoms with Crippen LogP contribution in [0, 0.1) is 25.2 Å². The maximum absolute atomic E-state index is 11.5. The van der Waals surface area contributed by atoms with Crippen molar-refractivity contribution >= 4 is 5.91 Å². The second-order valence-electron chi connectivity index (χ2n) is 4.31. The number of hydrogen-bond donors (Lipinski definition) is 2. The van der Waals surface area contributed by atoms with Crippen molar-refractivity contribution in [1.82, 2.24) is 5.32 Å². The molecule has 1 aromatic rings. The Morgan fingerprint density at radius 2 is 2.05 bits per heavy atom. The van der Waals surface area contributed by atoms with Crippen LogP contribution >= 0.6 is 0 Å². The summed E-state index contributed by atoms with van der Waals surface area (Å²) in [6, 6.07) is 5.87.